The molecule has 0 heterocycles. The van der Waals surface area contributed by atoms with Gasteiger partial charge in [0.1, 0.15) is 0 Å². The molecule has 2 nitrogen and oxygen atoms in total. The highest BCUT2D eigenvalue weighted by atomic mass is 16.5. The molecule has 0 radical (unpaired) electrons. The number of rotatable bonds is 9. The predicted octanol–water partition coefficient (Wildman–Crippen LogP) is 3.35. The second kappa shape index (κ2) is 8.74. The standard InChI is InChI=1S/C15H20O2/c1-3-8-15(13-16-11-4-2)17-12-14-9-6-5-7-10-14/h3-7,9-10,15H,1-2,8,11-13H2/t15-/m0/s1. The van der Waals surface area contributed by atoms with Crippen molar-refractivity contribution in [3.8, 4) is 0 Å². The van der Waals surface area contributed by atoms with Crippen LogP contribution in [0.25, 0.3) is 0 Å². The van der Waals surface area contributed by atoms with Gasteiger partial charge in [-0.25, -0.2) is 0 Å². The first-order chi connectivity index (χ1) is 8.36. The molecule has 0 saturated heterocycles. The molecule has 0 aliphatic carbocycles. The highest BCUT2D eigenvalue weighted by Crippen LogP contribution is 2.07. The minimum Gasteiger partial charge on any atom is -0.375 e. The van der Waals surface area contributed by atoms with E-state index in [0.717, 1.165) is 6.42 Å². The van der Waals surface area contributed by atoms with Crippen LogP contribution in [0.4, 0.5) is 0 Å². The van der Waals surface area contributed by atoms with Crippen LogP contribution in [0.5, 0.6) is 0 Å². The summed E-state index contributed by atoms with van der Waals surface area (Å²) in [7, 11) is 0. The molecule has 0 saturated carbocycles. The van der Waals surface area contributed by atoms with Crippen LogP contribution in [-0.4, -0.2) is 19.3 Å². The number of hydrogen-bond acceptors (Lipinski definition) is 2. The molecular weight excluding hydrogens is 212 g/mol. The maximum Gasteiger partial charge on any atom is 0.0847 e. The van der Waals surface area contributed by atoms with Gasteiger partial charge in [-0.05, 0) is 12.0 Å². The Hall–Kier alpha value is -1.38. The van der Waals surface area contributed by atoms with E-state index >= 15 is 0 Å². The van der Waals surface area contributed by atoms with E-state index in [4.69, 9.17) is 9.47 Å². The van der Waals surface area contributed by atoms with E-state index in [9.17, 15) is 0 Å². The van der Waals surface area contributed by atoms with Gasteiger partial charge in [-0.1, -0.05) is 42.5 Å². The number of benzene rings is 1. The quantitative estimate of drug-likeness (QED) is 0.480. The van der Waals surface area contributed by atoms with Gasteiger partial charge in [-0.2, -0.15) is 0 Å². The van der Waals surface area contributed by atoms with Crippen LogP contribution in [0.1, 0.15) is 12.0 Å². The van der Waals surface area contributed by atoms with Crippen molar-refractivity contribution in [1.82, 2.24) is 0 Å². The van der Waals surface area contributed by atoms with Gasteiger partial charge in [0.2, 0.25) is 0 Å². The average molecular weight is 232 g/mol. The Morgan fingerprint density at radius 3 is 2.53 bits per heavy atom. The first kappa shape index (κ1) is 13.7. The SMILES string of the molecule is C=CCOC[C@H](CC=C)OCc1ccccc1. The summed E-state index contributed by atoms with van der Waals surface area (Å²) in [6.07, 6.45) is 4.45. The zero-order chi connectivity index (χ0) is 12.3. The summed E-state index contributed by atoms with van der Waals surface area (Å²) in [6, 6.07) is 10.1. The van der Waals surface area contributed by atoms with E-state index in [1.54, 1.807) is 6.08 Å². The van der Waals surface area contributed by atoms with Crippen LogP contribution in [0.15, 0.2) is 55.6 Å². The Morgan fingerprint density at radius 1 is 1.12 bits per heavy atom. The van der Waals surface area contributed by atoms with Gasteiger partial charge in [-0.15, -0.1) is 13.2 Å². The number of ether oxygens (including phenoxy) is 2. The summed E-state index contributed by atoms with van der Waals surface area (Å²) >= 11 is 0. The van der Waals surface area contributed by atoms with Gasteiger partial charge in [0, 0.05) is 0 Å². The minimum atomic E-state index is 0.0626. The third kappa shape index (κ3) is 6.05. The van der Waals surface area contributed by atoms with Crippen molar-refractivity contribution < 1.29 is 9.47 Å². The molecule has 0 aliphatic heterocycles. The Morgan fingerprint density at radius 2 is 1.88 bits per heavy atom. The topological polar surface area (TPSA) is 18.5 Å². The molecular formula is C15H20O2. The zero-order valence-electron chi connectivity index (χ0n) is 10.2. The smallest absolute Gasteiger partial charge is 0.0847 e. The Bertz CT molecular complexity index is 319. The van der Waals surface area contributed by atoms with Crippen LogP contribution in [0, 0.1) is 0 Å². The van der Waals surface area contributed by atoms with E-state index in [0.29, 0.717) is 19.8 Å². The Labute approximate surface area is 104 Å². The van der Waals surface area contributed by atoms with Crippen LogP contribution in [0.3, 0.4) is 0 Å². The summed E-state index contributed by atoms with van der Waals surface area (Å²) in [5, 5.41) is 0. The molecule has 0 aliphatic rings. The molecule has 0 amide bonds. The molecule has 0 bridgehead atoms. The maximum absolute atomic E-state index is 5.78. The zero-order valence-corrected chi connectivity index (χ0v) is 10.2. The lowest BCUT2D eigenvalue weighted by Gasteiger charge is -2.16. The van der Waals surface area contributed by atoms with Crippen molar-refractivity contribution in [2.24, 2.45) is 0 Å². The van der Waals surface area contributed by atoms with Gasteiger partial charge in [-0.3, -0.25) is 0 Å². The molecule has 1 rings (SSSR count). The monoisotopic (exact) mass is 232 g/mol. The van der Waals surface area contributed by atoms with E-state index in [1.807, 2.05) is 24.3 Å². The molecule has 0 unspecified atom stereocenters. The minimum absolute atomic E-state index is 0.0626. The van der Waals surface area contributed by atoms with Gasteiger partial charge in [0.25, 0.3) is 0 Å². The van der Waals surface area contributed by atoms with Crippen molar-refractivity contribution in [2.45, 2.75) is 19.1 Å². The molecule has 2 heteroatoms. The van der Waals surface area contributed by atoms with Crippen LogP contribution < -0.4 is 0 Å². The van der Waals surface area contributed by atoms with Crippen LogP contribution in [-0.2, 0) is 16.1 Å². The lowest BCUT2D eigenvalue weighted by atomic mass is 10.2. The summed E-state index contributed by atoms with van der Waals surface area (Å²) < 4.78 is 11.2. The van der Waals surface area contributed by atoms with E-state index in [1.165, 1.54) is 5.56 Å². The van der Waals surface area contributed by atoms with Crippen LogP contribution in [0.2, 0.25) is 0 Å². The maximum atomic E-state index is 5.78. The third-order valence-electron chi connectivity index (χ3n) is 2.30. The van der Waals surface area contributed by atoms with Crippen molar-refractivity contribution in [1.29, 1.82) is 0 Å². The molecule has 0 spiro atoms. The highest BCUT2D eigenvalue weighted by Gasteiger charge is 2.07. The first-order valence-corrected chi connectivity index (χ1v) is 5.82. The molecule has 1 aromatic rings. The fourth-order valence-corrected chi connectivity index (χ4v) is 1.44. The molecule has 0 aromatic heterocycles. The second-order valence-electron chi connectivity index (χ2n) is 3.77. The fraction of sp³-hybridized carbons (Fsp3) is 0.333. The molecule has 1 aromatic carbocycles. The Balaban J connectivity index is 2.33. The van der Waals surface area contributed by atoms with Gasteiger partial charge in [0.05, 0.1) is 25.9 Å². The lowest BCUT2D eigenvalue weighted by Crippen LogP contribution is -2.19. The summed E-state index contributed by atoms with van der Waals surface area (Å²) in [5.74, 6) is 0. The van der Waals surface area contributed by atoms with Crippen molar-refractivity contribution >= 4 is 0 Å². The third-order valence-corrected chi connectivity index (χ3v) is 2.30. The van der Waals surface area contributed by atoms with Gasteiger partial charge in [0.15, 0.2) is 0 Å². The summed E-state index contributed by atoms with van der Waals surface area (Å²) in [6.45, 7) is 9.08. The van der Waals surface area contributed by atoms with E-state index in [-0.39, 0.29) is 6.10 Å². The molecule has 0 fully saturated rings. The highest BCUT2D eigenvalue weighted by molar-refractivity contribution is 5.13. The predicted molar refractivity (Wildman–Crippen MR) is 70.8 cm³/mol. The van der Waals surface area contributed by atoms with E-state index < -0.39 is 0 Å². The molecule has 92 valence electrons. The fourth-order valence-electron chi connectivity index (χ4n) is 1.44. The van der Waals surface area contributed by atoms with E-state index in [2.05, 4.69) is 25.3 Å². The Kier molecular flexibility index (Phi) is 7.03. The van der Waals surface area contributed by atoms with Crippen molar-refractivity contribution in [2.75, 3.05) is 13.2 Å². The van der Waals surface area contributed by atoms with Gasteiger partial charge >= 0.3 is 0 Å². The summed E-state index contributed by atoms with van der Waals surface area (Å²) in [5.41, 5.74) is 1.17. The molecule has 1 atom stereocenters. The molecule has 0 N–H and O–H groups in total. The molecule has 17 heavy (non-hydrogen) atoms. The summed E-state index contributed by atoms with van der Waals surface area (Å²) in [4.78, 5) is 0. The normalized spacial score (nSPS) is 12.0. The van der Waals surface area contributed by atoms with Crippen LogP contribution >= 0.6 is 0 Å². The average Bonchev–Trinajstić information content (AvgIpc) is 2.37. The van der Waals surface area contributed by atoms with Crippen molar-refractivity contribution in [3.63, 3.8) is 0 Å². The largest absolute Gasteiger partial charge is 0.375 e. The lowest BCUT2D eigenvalue weighted by molar-refractivity contribution is -0.0166. The van der Waals surface area contributed by atoms with Crippen molar-refractivity contribution in [3.05, 3.63) is 61.2 Å². The number of hydrogen-bond donors (Lipinski definition) is 0. The first-order valence-electron chi connectivity index (χ1n) is 5.82. The second-order valence-corrected chi connectivity index (χ2v) is 3.77. The van der Waals surface area contributed by atoms with Gasteiger partial charge < -0.3 is 9.47 Å².